The molecule has 1 aromatic carbocycles. The number of carbonyl (C=O) groups excluding carboxylic acids is 1. The Kier molecular flexibility index (Phi) is 2.80. The molecule has 1 atom stereocenters. The van der Waals surface area contributed by atoms with Crippen LogP contribution in [0.1, 0.15) is 53.9 Å². The molecule has 4 heteroatoms. The van der Waals surface area contributed by atoms with Gasteiger partial charge in [-0.05, 0) is 42.4 Å². The molecule has 0 radical (unpaired) electrons. The van der Waals surface area contributed by atoms with E-state index in [1.165, 1.54) is 17.3 Å². The van der Waals surface area contributed by atoms with E-state index in [0.717, 1.165) is 36.1 Å². The van der Waals surface area contributed by atoms with Crippen LogP contribution in [0.15, 0.2) is 12.1 Å². The van der Waals surface area contributed by atoms with E-state index < -0.39 is 5.82 Å². The van der Waals surface area contributed by atoms with Gasteiger partial charge in [-0.15, -0.1) is 0 Å². The average molecular weight is 298 g/mol. The molecule has 2 aliphatic rings. The molecular weight excluding hydrogens is 279 g/mol. The Balaban J connectivity index is 1.80. The minimum Gasteiger partial charge on any atom is -0.294 e. The average Bonchev–Trinajstić information content (AvgIpc) is 3.12. The summed E-state index contributed by atoms with van der Waals surface area (Å²) in [5.74, 6) is -0.479. The number of hydrogen-bond acceptors (Lipinski definition) is 2. The number of carbonyl (C=O) groups is 1. The van der Waals surface area contributed by atoms with Crippen LogP contribution in [-0.4, -0.2) is 16.0 Å². The van der Waals surface area contributed by atoms with E-state index in [1.54, 1.807) is 0 Å². The molecule has 3 nitrogen and oxygen atoms in total. The summed E-state index contributed by atoms with van der Waals surface area (Å²) in [4.78, 5) is 11.7. The largest absolute Gasteiger partial charge is 0.294 e. The molecule has 1 heterocycles. The monoisotopic (exact) mass is 298 g/mol. The number of hydrogen-bond donors (Lipinski definition) is 1. The molecule has 4 rings (SSSR count). The molecule has 0 fully saturated rings. The van der Waals surface area contributed by atoms with E-state index in [0.29, 0.717) is 12.8 Å². The third-order valence-corrected chi connectivity index (χ3v) is 5.36. The lowest BCUT2D eigenvalue weighted by atomic mass is 9.84. The van der Waals surface area contributed by atoms with Crippen LogP contribution >= 0.6 is 0 Å². The van der Waals surface area contributed by atoms with Gasteiger partial charge in [-0.3, -0.25) is 9.89 Å². The number of aromatic nitrogens is 2. The summed E-state index contributed by atoms with van der Waals surface area (Å²) in [6.45, 7) is 4.49. The maximum absolute atomic E-state index is 14.3. The number of nitrogens with one attached hydrogen (secondary N) is 1. The Morgan fingerprint density at radius 1 is 1.32 bits per heavy atom. The smallest absolute Gasteiger partial charge is 0.166 e. The van der Waals surface area contributed by atoms with Crippen molar-refractivity contribution in [3.05, 3.63) is 40.3 Å². The number of Topliss-reactive ketones (excluding diaryl/α,β-unsaturated/α-hetero) is 1. The van der Waals surface area contributed by atoms with Gasteiger partial charge in [-0.25, -0.2) is 4.39 Å². The Morgan fingerprint density at radius 2 is 2.14 bits per heavy atom. The van der Waals surface area contributed by atoms with Crippen molar-refractivity contribution in [1.29, 1.82) is 0 Å². The van der Waals surface area contributed by atoms with Gasteiger partial charge in [-0.1, -0.05) is 20.3 Å². The van der Waals surface area contributed by atoms with Gasteiger partial charge < -0.3 is 0 Å². The second kappa shape index (κ2) is 4.51. The molecule has 2 aromatic rings. The number of aryl methyl sites for hydroxylation is 1. The Labute approximate surface area is 128 Å². The summed E-state index contributed by atoms with van der Waals surface area (Å²) >= 11 is 0. The maximum Gasteiger partial charge on any atom is 0.166 e. The van der Waals surface area contributed by atoms with Gasteiger partial charge in [0.2, 0.25) is 0 Å². The lowest BCUT2D eigenvalue weighted by Crippen LogP contribution is -2.15. The van der Waals surface area contributed by atoms with Crippen LogP contribution in [0.4, 0.5) is 4.39 Å². The van der Waals surface area contributed by atoms with E-state index in [4.69, 9.17) is 0 Å². The highest BCUT2D eigenvalue weighted by molar-refractivity contribution is 6.01. The molecule has 1 N–H and O–H groups in total. The number of halogens is 1. The molecule has 0 saturated heterocycles. The summed E-state index contributed by atoms with van der Waals surface area (Å²) < 4.78 is 14.3. The fourth-order valence-electron chi connectivity index (χ4n) is 3.83. The minimum absolute atomic E-state index is 0.0788. The fourth-order valence-corrected chi connectivity index (χ4v) is 3.83. The van der Waals surface area contributed by atoms with E-state index in [2.05, 4.69) is 24.0 Å². The van der Waals surface area contributed by atoms with Crippen LogP contribution in [0.3, 0.4) is 0 Å². The van der Waals surface area contributed by atoms with Gasteiger partial charge >= 0.3 is 0 Å². The fraction of sp³-hybridized carbons (Fsp3) is 0.444. The van der Waals surface area contributed by atoms with Gasteiger partial charge in [0.15, 0.2) is 5.78 Å². The Hall–Kier alpha value is -1.97. The molecule has 1 unspecified atom stereocenters. The lowest BCUT2D eigenvalue weighted by molar-refractivity contribution is 0.0991. The van der Waals surface area contributed by atoms with E-state index in [-0.39, 0.29) is 16.8 Å². The molecule has 0 aliphatic heterocycles. The molecule has 0 bridgehead atoms. The first-order valence-corrected chi connectivity index (χ1v) is 7.93. The summed E-state index contributed by atoms with van der Waals surface area (Å²) in [6, 6.07) is 3.42. The molecule has 1 aromatic heterocycles. The molecule has 0 amide bonds. The van der Waals surface area contributed by atoms with Gasteiger partial charge in [0.05, 0.1) is 11.3 Å². The zero-order chi connectivity index (χ0) is 15.5. The molecule has 22 heavy (non-hydrogen) atoms. The second-order valence-corrected chi connectivity index (χ2v) is 6.96. The standard InChI is InChI=1S/C18H19FN2O/c1-3-18(2)8-12-14(9-18)20-21-17(12)11-6-10-4-5-15(22)16(10)13(19)7-11/h6-7H,3-5,8-9H2,1-2H3,(H,20,21). The first-order chi connectivity index (χ1) is 10.5. The van der Waals surface area contributed by atoms with Crippen molar-refractivity contribution >= 4 is 5.78 Å². The minimum atomic E-state index is -0.400. The van der Waals surface area contributed by atoms with Crippen LogP contribution in [0.2, 0.25) is 0 Å². The summed E-state index contributed by atoms with van der Waals surface area (Å²) in [5.41, 5.74) is 5.42. The SMILES string of the molecule is CCC1(C)Cc2[nH]nc(-c3cc(F)c4c(c3)CCC4=O)c2C1. The predicted octanol–water partition coefficient (Wildman–Crippen LogP) is 3.86. The number of H-pyrrole nitrogens is 1. The van der Waals surface area contributed by atoms with Crippen molar-refractivity contribution in [2.75, 3.05) is 0 Å². The molecule has 0 spiro atoms. The lowest BCUT2D eigenvalue weighted by Gasteiger charge is -2.20. The van der Waals surface area contributed by atoms with Crippen molar-refractivity contribution in [3.63, 3.8) is 0 Å². The number of fused-ring (bicyclic) bond motifs is 2. The predicted molar refractivity (Wildman–Crippen MR) is 82.4 cm³/mol. The van der Waals surface area contributed by atoms with Crippen LogP contribution in [0.25, 0.3) is 11.3 Å². The zero-order valence-corrected chi connectivity index (χ0v) is 12.9. The highest BCUT2D eigenvalue weighted by Gasteiger charge is 2.35. The quantitative estimate of drug-likeness (QED) is 0.915. The highest BCUT2D eigenvalue weighted by Crippen LogP contribution is 2.42. The Morgan fingerprint density at radius 3 is 2.91 bits per heavy atom. The third-order valence-electron chi connectivity index (χ3n) is 5.36. The van der Waals surface area contributed by atoms with Crippen molar-refractivity contribution in [2.24, 2.45) is 5.41 Å². The van der Waals surface area contributed by atoms with E-state index in [9.17, 15) is 9.18 Å². The number of nitrogens with zero attached hydrogens (tertiary/aromatic N) is 1. The summed E-state index contributed by atoms with van der Waals surface area (Å²) in [6.07, 6.45) is 4.14. The first kappa shape index (κ1) is 13.7. The zero-order valence-electron chi connectivity index (χ0n) is 12.9. The number of ketones is 1. The number of aromatic amines is 1. The molecule has 114 valence electrons. The maximum atomic E-state index is 14.3. The van der Waals surface area contributed by atoms with Crippen LogP contribution in [-0.2, 0) is 19.3 Å². The molecule has 2 aliphatic carbocycles. The first-order valence-electron chi connectivity index (χ1n) is 7.93. The molecular formula is C18H19FN2O. The topological polar surface area (TPSA) is 45.8 Å². The summed E-state index contributed by atoms with van der Waals surface area (Å²) in [5, 5.41) is 7.55. The molecule has 0 saturated carbocycles. The Bertz CT molecular complexity index is 793. The third kappa shape index (κ3) is 1.86. The van der Waals surface area contributed by atoms with Crippen LogP contribution in [0.5, 0.6) is 0 Å². The van der Waals surface area contributed by atoms with Crippen molar-refractivity contribution < 1.29 is 9.18 Å². The van der Waals surface area contributed by atoms with Gasteiger partial charge in [0.25, 0.3) is 0 Å². The summed E-state index contributed by atoms with van der Waals surface area (Å²) in [7, 11) is 0. The van der Waals surface area contributed by atoms with Crippen LogP contribution < -0.4 is 0 Å². The van der Waals surface area contributed by atoms with Gasteiger partial charge in [-0.2, -0.15) is 5.10 Å². The van der Waals surface area contributed by atoms with Crippen molar-refractivity contribution in [1.82, 2.24) is 10.2 Å². The van der Waals surface area contributed by atoms with Crippen LogP contribution in [0, 0.1) is 11.2 Å². The van der Waals surface area contributed by atoms with Crippen molar-refractivity contribution in [2.45, 2.75) is 46.0 Å². The number of benzene rings is 1. The highest BCUT2D eigenvalue weighted by atomic mass is 19.1. The normalized spacial score (nSPS) is 23.0. The van der Waals surface area contributed by atoms with E-state index >= 15 is 0 Å². The van der Waals surface area contributed by atoms with E-state index in [1.807, 2.05) is 6.07 Å². The van der Waals surface area contributed by atoms with Gasteiger partial charge in [0, 0.05) is 23.2 Å². The number of rotatable bonds is 2. The van der Waals surface area contributed by atoms with Crippen molar-refractivity contribution in [3.8, 4) is 11.3 Å². The second-order valence-electron chi connectivity index (χ2n) is 6.96. The van der Waals surface area contributed by atoms with Gasteiger partial charge in [0.1, 0.15) is 5.82 Å².